The average Bonchev–Trinajstić information content (AvgIpc) is 2.63. The molecule has 96 valence electrons. The smallest absolute Gasteiger partial charge is 0.0625 e. The number of nitriles is 1. The van der Waals surface area contributed by atoms with Crippen molar-refractivity contribution in [2.45, 2.75) is 55.7 Å². The van der Waals surface area contributed by atoms with Crippen molar-refractivity contribution < 1.29 is 0 Å². The van der Waals surface area contributed by atoms with Gasteiger partial charge in [-0.25, -0.2) is 0 Å². The summed E-state index contributed by atoms with van der Waals surface area (Å²) in [6.07, 6.45) is 9.34. The van der Waals surface area contributed by atoms with E-state index in [0.717, 1.165) is 6.42 Å². The molecular weight excluding hydrogens is 286 g/mol. The van der Waals surface area contributed by atoms with Crippen LogP contribution >= 0.6 is 15.9 Å². The van der Waals surface area contributed by atoms with Crippen LogP contribution in [0.15, 0.2) is 24.3 Å². The van der Waals surface area contributed by atoms with E-state index in [1.807, 2.05) is 0 Å². The highest BCUT2D eigenvalue weighted by Gasteiger charge is 2.29. The lowest BCUT2D eigenvalue weighted by Crippen LogP contribution is -2.16. The minimum absolute atomic E-state index is 0.192. The Morgan fingerprint density at radius 3 is 2.22 bits per heavy atom. The van der Waals surface area contributed by atoms with Gasteiger partial charge in [-0.05, 0) is 30.4 Å². The number of hydrogen-bond donors (Lipinski definition) is 0. The Balaban J connectivity index is 2.10. The largest absolute Gasteiger partial charge is 0.198 e. The van der Waals surface area contributed by atoms with Gasteiger partial charge < -0.3 is 0 Å². The molecule has 1 aliphatic rings. The molecule has 1 fully saturated rings. The van der Waals surface area contributed by atoms with E-state index < -0.39 is 0 Å². The van der Waals surface area contributed by atoms with Gasteiger partial charge in [0, 0.05) is 6.42 Å². The van der Waals surface area contributed by atoms with Crippen LogP contribution in [0.25, 0.3) is 0 Å². The zero-order chi connectivity index (χ0) is 12.8. The molecule has 1 aliphatic carbocycles. The summed E-state index contributed by atoms with van der Waals surface area (Å²) in [5.41, 5.74) is 2.68. The molecule has 0 bridgehead atoms. The number of hydrogen-bond acceptors (Lipinski definition) is 1. The molecule has 0 spiro atoms. The summed E-state index contributed by atoms with van der Waals surface area (Å²) in [4.78, 5) is 0. The van der Waals surface area contributed by atoms with Crippen LogP contribution in [0.1, 0.15) is 56.1 Å². The predicted octanol–water partition coefficient (Wildman–Crippen LogP) is 5.09. The molecule has 0 unspecified atom stereocenters. The molecule has 0 amide bonds. The molecule has 1 nitrogen and oxygen atoms in total. The third-order valence-electron chi connectivity index (χ3n) is 3.89. The van der Waals surface area contributed by atoms with Crippen LogP contribution in [-0.2, 0) is 10.7 Å². The van der Waals surface area contributed by atoms with E-state index >= 15 is 0 Å². The first-order valence-electron chi connectivity index (χ1n) is 6.90. The van der Waals surface area contributed by atoms with Crippen molar-refractivity contribution in [2.75, 3.05) is 0 Å². The minimum Gasteiger partial charge on any atom is -0.198 e. The SMILES string of the molecule is N#CCCc1ccc(C2(Br)CCCCCC2)cc1. The van der Waals surface area contributed by atoms with Crippen LogP contribution < -0.4 is 0 Å². The number of aryl methyl sites for hydroxylation is 1. The van der Waals surface area contributed by atoms with Crippen molar-refractivity contribution in [3.63, 3.8) is 0 Å². The fourth-order valence-corrected chi connectivity index (χ4v) is 3.57. The van der Waals surface area contributed by atoms with Gasteiger partial charge in [0.15, 0.2) is 0 Å². The van der Waals surface area contributed by atoms with Gasteiger partial charge in [0.05, 0.1) is 10.4 Å². The van der Waals surface area contributed by atoms with Gasteiger partial charge in [-0.2, -0.15) is 5.26 Å². The first kappa shape index (κ1) is 13.6. The van der Waals surface area contributed by atoms with E-state index in [9.17, 15) is 0 Å². The maximum absolute atomic E-state index is 8.60. The second kappa shape index (κ2) is 6.38. The van der Waals surface area contributed by atoms with E-state index in [4.69, 9.17) is 5.26 Å². The molecule has 1 aromatic rings. The summed E-state index contributed by atoms with van der Waals surface area (Å²) in [5.74, 6) is 0. The van der Waals surface area contributed by atoms with Gasteiger partial charge in [0.2, 0.25) is 0 Å². The van der Waals surface area contributed by atoms with E-state index in [1.54, 1.807) is 0 Å². The summed E-state index contributed by atoms with van der Waals surface area (Å²) >= 11 is 3.98. The summed E-state index contributed by atoms with van der Waals surface area (Å²) in [6, 6.07) is 11.0. The Bertz CT molecular complexity index is 408. The zero-order valence-electron chi connectivity index (χ0n) is 10.8. The molecule has 18 heavy (non-hydrogen) atoms. The molecule has 2 heteroatoms. The second-order valence-electron chi connectivity index (χ2n) is 5.23. The minimum atomic E-state index is 0.192. The van der Waals surface area contributed by atoms with E-state index in [1.165, 1.54) is 49.7 Å². The standard InChI is InChI=1S/C16H20BrN/c17-16(11-3-1-2-4-12-16)15-9-7-14(8-10-15)6-5-13-18/h7-10H,1-6,11-12H2. The quantitative estimate of drug-likeness (QED) is 0.564. The molecule has 0 aromatic heterocycles. The molecule has 0 saturated heterocycles. The average molecular weight is 306 g/mol. The highest BCUT2D eigenvalue weighted by atomic mass is 79.9. The van der Waals surface area contributed by atoms with Crippen molar-refractivity contribution >= 4 is 15.9 Å². The maximum atomic E-state index is 8.60. The highest BCUT2D eigenvalue weighted by molar-refractivity contribution is 9.09. The molecule has 1 saturated carbocycles. The molecular formula is C16H20BrN. The molecule has 0 atom stereocenters. The molecule has 0 radical (unpaired) electrons. The number of alkyl halides is 1. The van der Waals surface area contributed by atoms with Crippen LogP contribution in [0.4, 0.5) is 0 Å². The third-order valence-corrected chi connectivity index (χ3v) is 5.14. The lowest BCUT2D eigenvalue weighted by atomic mass is 9.90. The Morgan fingerprint density at radius 2 is 1.67 bits per heavy atom. The normalized spacial score (nSPS) is 18.9. The van der Waals surface area contributed by atoms with Crippen LogP contribution in [0.5, 0.6) is 0 Å². The van der Waals surface area contributed by atoms with Crippen molar-refractivity contribution in [3.05, 3.63) is 35.4 Å². The van der Waals surface area contributed by atoms with Gasteiger partial charge in [0.1, 0.15) is 0 Å². The summed E-state index contributed by atoms with van der Waals surface area (Å²) in [5, 5.41) is 8.60. The number of rotatable bonds is 3. The first-order valence-corrected chi connectivity index (χ1v) is 7.69. The molecule has 1 aromatic carbocycles. The first-order chi connectivity index (χ1) is 8.74. The Hall–Kier alpha value is -0.810. The molecule has 2 rings (SSSR count). The van der Waals surface area contributed by atoms with Gasteiger partial charge in [-0.1, -0.05) is 65.9 Å². The van der Waals surface area contributed by atoms with Gasteiger partial charge >= 0.3 is 0 Å². The van der Waals surface area contributed by atoms with Crippen molar-refractivity contribution in [2.24, 2.45) is 0 Å². The lowest BCUT2D eigenvalue weighted by Gasteiger charge is -2.26. The Morgan fingerprint density at radius 1 is 1.06 bits per heavy atom. The zero-order valence-corrected chi connectivity index (χ0v) is 12.4. The Labute approximate surface area is 118 Å². The fourth-order valence-electron chi connectivity index (χ4n) is 2.75. The Kier molecular flexibility index (Phi) is 4.83. The third kappa shape index (κ3) is 3.36. The van der Waals surface area contributed by atoms with Gasteiger partial charge in [-0.15, -0.1) is 0 Å². The fraction of sp³-hybridized carbons (Fsp3) is 0.562. The monoisotopic (exact) mass is 305 g/mol. The van der Waals surface area contributed by atoms with Crippen molar-refractivity contribution in [3.8, 4) is 6.07 Å². The van der Waals surface area contributed by atoms with Crippen LogP contribution in [0, 0.1) is 11.3 Å². The van der Waals surface area contributed by atoms with Crippen molar-refractivity contribution in [1.29, 1.82) is 5.26 Å². The summed E-state index contributed by atoms with van der Waals surface area (Å²) in [7, 11) is 0. The van der Waals surface area contributed by atoms with Crippen LogP contribution in [0.2, 0.25) is 0 Å². The highest BCUT2D eigenvalue weighted by Crippen LogP contribution is 2.43. The molecule has 0 aliphatic heterocycles. The number of benzene rings is 1. The summed E-state index contributed by atoms with van der Waals surface area (Å²) < 4.78 is 0.192. The topological polar surface area (TPSA) is 23.8 Å². The maximum Gasteiger partial charge on any atom is 0.0625 e. The number of nitrogens with zero attached hydrogens (tertiary/aromatic N) is 1. The van der Waals surface area contributed by atoms with Crippen LogP contribution in [-0.4, -0.2) is 0 Å². The van der Waals surface area contributed by atoms with E-state index in [2.05, 4.69) is 46.3 Å². The molecule has 0 heterocycles. The summed E-state index contributed by atoms with van der Waals surface area (Å²) in [6.45, 7) is 0. The van der Waals surface area contributed by atoms with E-state index in [0.29, 0.717) is 6.42 Å². The number of halogens is 1. The van der Waals surface area contributed by atoms with Gasteiger partial charge in [0.25, 0.3) is 0 Å². The van der Waals surface area contributed by atoms with Crippen molar-refractivity contribution in [1.82, 2.24) is 0 Å². The van der Waals surface area contributed by atoms with Gasteiger partial charge in [-0.3, -0.25) is 0 Å². The molecule has 0 N–H and O–H groups in total. The van der Waals surface area contributed by atoms with Crippen LogP contribution in [0.3, 0.4) is 0 Å². The van der Waals surface area contributed by atoms with E-state index in [-0.39, 0.29) is 4.32 Å². The lowest BCUT2D eigenvalue weighted by molar-refractivity contribution is 0.549. The predicted molar refractivity (Wildman–Crippen MR) is 78.7 cm³/mol. The second-order valence-corrected chi connectivity index (χ2v) is 6.75.